The van der Waals surface area contributed by atoms with E-state index in [2.05, 4.69) is 15.3 Å². The van der Waals surface area contributed by atoms with Crippen LogP contribution in [0.2, 0.25) is 0 Å². The Morgan fingerprint density at radius 3 is 2.91 bits per heavy atom. The summed E-state index contributed by atoms with van der Waals surface area (Å²) in [5.74, 6) is 1.12. The van der Waals surface area contributed by atoms with Gasteiger partial charge in [-0.3, -0.25) is 4.90 Å². The highest BCUT2D eigenvalue weighted by Gasteiger charge is 2.31. The zero-order valence-electron chi connectivity index (χ0n) is 17.9. The quantitative estimate of drug-likeness (QED) is 0.499. The minimum Gasteiger partial charge on any atom is -0.496 e. The first kappa shape index (κ1) is 20.9. The lowest BCUT2D eigenvalue weighted by atomic mass is 10.0. The summed E-state index contributed by atoms with van der Waals surface area (Å²) in [6.07, 6.45) is 4.54. The van der Waals surface area contributed by atoms with Gasteiger partial charge in [-0.1, -0.05) is 0 Å². The molecule has 0 amide bonds. The molecule has 3 N–H and O–H groups in total. The van der Waals surface area contributed by atoms with Gasteiger partial charge in [-0.25, -0.2) is 13.9 Å². The van der Waals surface area contributed by atoms with E-state index >= 15 is 0 Å². The summed E-state index contributed by atoms with van der Waals surface area (Å²) in [6, 6.07) is 6.44. The third-order valence-corrected chi connectivity index (χ3v) is 6.28. The van der Waals surface area contributed by atoms with Crippen molar-refractivity contribution in [3.63, 3.8) is 0 Å². The maximum absolute atomic E-state index is 14.0. The molecule has 9 nitrogen and oxygen atoms in total. The predicted molar refractivity (Wildman–Crippen MR) is 117 cm³/mol. The van der Waals surface area contributed by atoms with Crippen LogP contribution in [0.1, 0.15) is 30.9 Å². The van der Waals surface area contributed by atoms with Crippen LogP contribution in [-0.4, -0.2) is 68.9 Å². The second-order valence-corrected chi connectivity index (χ2v) is 8.31. The Balaban J connectivity index is 1.43. The molecule has 170 valence electrons. The van der Waals surface area contributed by atoms with Crippen LogP contribution in [0.25, 0.3) is 5.65 Å². The van der Waals surface area contributed by atoms with E-state index in [1.165, 1.54) is 12.1 Å². The van der Waals surface area contributed by atoms with Crippen molar-refractivity contribution in [1.82, 2.24) is 19.5 Å². The summed E-state index contributed by atoms with van der Waals surface area (Å²) < 4.78 is 21.1. The number of fused-ring (bicyclic) bond motifs is 1. The minimum atomic E-state index is -0.943. The Labute approximate surface area is 185 Å². The number of aromatic nitrogens is 3. The molecule has 0 spiro atoms. The molecule has 0 bridgehead atoms. The van der Waals surface area contributed by atoms with Crippen molar-refractivity contribution in [2.24, 2.45) is 0 Å². The molecule has 0 aliphatic carbocycles. The molecule has 10 heteroatoms. The number of rotatable bonds is 6. The topological polar surface area (TPSA) is 98.4 Å². The fraction of sp³-hybridized carbons (Fsp3) is 0.455. The summed E-state index contributed by atoms with van der Waals surface area (Å²) >= 11 is 0. The third kappa shape index (κ3) is 3.85. The van der Waals surface area contributed by atoms with E-state index in [1.54, 1.807) is 28.8 Å². The molecule has 2 fully saturated rings. The Bertz CT molecular complexity index is 1110. The van der Waals surface area contributed by atoms with Crippen molar-refractivity contribution in [3.05, 3.63) is 48.0 Å². The summed E-state index contributed by atoms with van der Waals surface area (Å²) in [5.41, 5.74) is 1.99. The van der Waals surface area contributed by atoms with Crippen LogP contribution >= 0.6 is 0 Å². The number of benzene rings is 1. The molecule has 1 aromatic carbocycles. The van der Waals surface area contributed by atoms with Gasteiger partial charge in [0.25, 0.3) is 0 Å². The number of aliphatic hydroxyl groups is 2. The lowest BCUT2D eigenvalue weighted by Crippen LogP contribution is -2.39. The van der Waals surface area contributed by atoms with Gasteiger partial charge in [-0.05, 0) is 43.5 Å². The highest BCUT2D eigenvalue weighted by atomic mass is 19.1. The summed E-state index contributed by atoms with van der Waals surface area (Å²) in [7, 11) is 1.59. The average Bonchev–Trinajstić information content (AvgIpc) is 3.53. The van der Waals surface area contributed by atoms with E-state index in [0.29, 0.717) is 36.6 Å². The van der Waals surface area contributed by atoms with Gasteiger partial charge in [0.05, 0.1) is 25.5 Å². The van der Waals surface area contributed by atoms with Gasteiger partial charge in [0.2, 0.25) is 0 Å². The number of hydrogen-bond donors (Lipinski definition) is 3. The molecule has 0 saturated carbocycles. The van der Waals surface area contributed by atoms with Gasteiger partial charge in [0, 0.05) is 31.4 Å². The SMILES string of the molecule is COc1ccc(F)cc1[C@H]1CCCN1c1ccn2ncc(NC(O)N3CC[C@H](O)C3)c2n1. The minimum absolute atomic E-state index is 0.0494. The second kappa shape index (κ2) is 8.53. The van der Waals surface area contributed by atoms with Crippen molar-refractivity contribution in [3.8, 4) is 5.75 Å². The first-order chi connectivity index (χ1) is 15.5. The van der Waals surface area contributed by atoms with Crippen molar-refractivity contribution >= 4 is 17.2 Å². The van der Waals surface area contributed by atoms with Crippen LogP contribution in [0, 0.1) is 5.82 Å². The van der Waals surface area contributed by atoms with Crippen molar-refractivity contribution < 1.29 is 19.3 Å². The van der Waals surface area contributed by atoms with Crippen molar-refractivity contribution in [2.75, 3.05) is 37.0 Å². The van der Waals surface area contributed by atoms with Crippen molar-refractivity contribution in [1.29, 1.82) is 0 Å². The molecular formula is C22H27FN6O3. The van der Waals surface area contributed by atoms with Gasteiger partial charge >= 0.3 is 0 Å². The smallest absolute Gasteiger partial charge is 0.184 e. The Kier molecular flexibility index (Phi) is 5.58. The van der Waals surface area contributed by atoms with Gasteiger partial charge < -0.3 is 25.2 Å². The second-order valence-electron chi connectivity index (χ2n) is 8.31. The van der Waals surface area contributed by atoms with Crippen LogP contribution in [0.4, 0.5) is 15.9 Å². The molecule has 2 aliphatic heterocycles. The normalized spacial score (nSPS) is 22.6. The lowest BCUT2D eigenvalue weighted by Gasteiger charge is -2.27. The Morgan fingerprint density at radius 1 is 1.25 bits per heavy atom. The molecular weight excluding hydrogens is 415 g/mol. The van der Waals surface area contributed by atoms with E-state index in [1.807, 2.05) is 12.3 Å². The molecule has 2 aliphatic rings. The Morgan fingerprint density at radius 2 is 2.12 bits per heavy atom. The number of β-amino-alcohol motifs (C(OH)–C–C–N with tert-alkyl or cyclic N) is 1. The molecule has 2 saturated heterocycles. The van der Waals surface area contributed by atoms with Crippen molar-refractivity contribution in [2.45, 2.75) is 37.8 Å². The highest BCUT2D eigenvalue weighted by Crippen LogP contribution is 2.39. The van der Waals surface area contributed by atoms with Crippen LogP contribution in [-0.2, 0) is 0 Å². The molecule has 32 heavy (non-hydrogen) atoms. The molecule has 5 rings (SSSR count). The van der Waals surface area contributed by atoms with E-state index in [4.69, 9.17) is 9.72 Å². The number of nitrogens with one attached hydrogen (secondary N) is 1. The number of aliphatic hydroxyl groups excluding tert-OH is 2. The maximum Gasteiger partial charge on any atom is 0.184 e. The lowest BCUT2D eigenvalue weighted by molar-refractivity contribution is 0.0343. The number of halogens is 1. The average molecular weight is 442 g/mol. The summed E-state index contributed by atoms with van der Waals surface area (Å²) in [4.78, 5) is 8.74. The van der Waals surface area contributed by atoms with E-state index in [-0.39, 0.29) is 11.9 Å². The van der Waals surface area contributed by atoms with E-state index in [9.17, 15) is 14.6 Å². The zero-order valence-corrected chi connectivity index (χ0v) is 17.9. The third-order valence-electron chi connectivity index (χ3n) is 6.28. The van der Waals surface area contributed by atoms with E-state index in [0.717, 1.165) is 30.8 Å². The number of nitrogens with zero attached hydrogens (tertiary/aromatic N) is 5. The fourth-order valence-electron chi connectivity index (χ4n) is 4.67. The molecule has 2 aromatic heterocycles. The van der Waals surface area contributed by atoms with Crippen LogP contribution < -0.4 is 15.0 Å². The number of ether oxygens (including phenoxy) is 1. The number of anilines is 2. The number of hydrogen-bond acceptors (Lipinski definition) is 8. The monoisotopic (exact) mass is 442 g/mol. The predicted octanol–water partition coefficient (Wildman–Crippen LogP) is 1.97. The van der Waals surface area contributed by atoms with Crippen LogP contribution in [0.3, 0.4) is 0 Å². The van der Waals surface area contributed by atoms with Gasteiger partial charge in [-0.15, -0.1) is 0 Å². The molecule has 1 unspecified atom stereocenters. The first-order valence-electron chi connectivity index (χ1n) is 10.8. The van der Waals surface area contributed by atoms with Crippen LogP contribution in [0.15, 0.2) is 36.7 Å². The first-order valence-corrected chi connectivity index (χ1v) is 10.8. The molecule has 3 atom stereocenters. The highest BCUT2D eigenvalue weighted by molar-refractivity contribution is 5.68. The van der Waals surface area contributed by atoms with Gasteiger partial charge in [-0.2, -0.15) is 5.10 Å². The maximum atomic E-state index is 14.0. The Hall–Kier alpha value is -2.95. The molecule has 3 aromatic rings. The summed E-state index contributed by atoms with van der Waals surface area (Å²) in [5, 5.41) is 27.6. The zero-order chi connectivity index (χ0) is 22.2. The van der Waals surface area contributed by atoms with Gasteiger partial charge in [0.1, 0.15) is 23.1 Å². The number of likely N-dealkylation sites (tertiary alicyclic amines) is 1. The van der Waals surface area contributed by atoms with Crippen LogP contribution in [0.5, 0.6) is 5.75 Å². The molecule has 0 radical (unpaired) electrons. The van der Waals surface area contributed by atoms with E-state index < -0.39 is 12.5 Å². The standard InChI is InChI=1S/C22H27FN6O3/c1-32-19-5-4-14(23)11-16(19)18-3-2-8-28(18)20-7-10-29-21(26-20)17(12-24-29)25-22(31)27-9-6-15(30)13-27/h4-5,7,10-12,15,18,22,25,30-31H,2-3,6,8-9,13H2,1H3/t15-,18+,22?/m0/s1. The largest absolute Gasteiger partial charge is 0.496 e. The van der Waals surface area contributed by atoms with Gasteiger partial charge in [0.15, 0.2) is 12.0 Å². The summed E-state index contributed by atoms with van der Waals surface area (Å²) in [6.45, 7) is 1.81. The molecule has 4 heterocycles. The number of methoxy groups -OCH3 is 1. The fourth-order valence-corrected chi connectivity index (χ4v) is 4.67.